The van der Waals surface area contributed by atoms with Gasteiger partial charge >= 0.3 is 11.9 Å². The summed E-state index contributed by atoms with van der Waals surface area (Å²) in [4.78, 5) is 54.4. The van der Waals surface area contributed by atoms with Crippen LogP contribution in [0.5, 0.6) is 0 Å². The summed E-state index contributed by atoms with van der Waals surface area (Å²) in [6, 6.07) is 11.0. The quantitative estimate of drug-likeness (QED) is 0.254. The Balaban J connectivity index is 1.54. The van der Waals surface area contributed by atoms with Gasteiger partial charge in [-0.15, -0.1) is 0 Å². The molecule has 1 amide bonds. The number of hydrogen-bond acceptors (Lipinski definition) is 9. The zero-order valence-electron chi connectivity index (χ0n) is 20.5. The molecule has 1 N–H and O–H groups in total. The maximum atomic E-state index is 13.4. The van der Waals surface area contributed by atoms with Gasteiger partial charge in [0.2, 0.25) is 5.91 Å². The van der Waals surface area contributed by atoms with Gasteiger partial charge in [0, 0.05) is 12.3 Å². The minimum Gasteiger partial charge on any atom is -0.465 e. The zero-order chi connectivity index (χ0) is 26.4. The summed E-state index contributed by atoms with van der Waals surface area (Å²) in [5.74, 6) is -1.29. The van der Waals surface area contributed by atoms with Gasteiger partial charge in [0.1, 0.15) is 0 Å². The Hall–Kier alpha value is -3.70. The maximum absolute atomic E-state index is 13.4. The Bertz CT molecular complexity index is 1370. The van der Waals surface area contributed by atoms with E-state index >= 15 is 0 Å². The molecule has 1 atom stereocenters. The predicted octanol–water partition coefficient (Wildman–Crippen LogP) is 3.27. The molecule has 3 aromatic rings. The van der Waals surface area contributed by atoms with Crippen molar-refractivity contribution in [2.24, 2.45) is 0 Å². The second-order valence-corrected chi connectivity index (χ2v) is 9.25. The van der Waals surface area contributed by atoms with Crippen LogP contribution in [-0.2, 0) is 25.5 Å². The molecule has 1 saturated heterocycles. The van der Waals surface area contributed by atoms with E-state index in [0.717, 1.165) is 24.6 Å². The lowest BCUT2D eigenvalue weighted by Gasteiger charge is -2.16. The molecule has 0 radical (unpaired) electrons. The highest BCUT2D eigenvalue weighted by Crippen LogP contribution is 2.22. The third kappa shape index (κ3) is 6.36. The highest BCUT2D eigenvalue weighted by molar-refractivity contribution is 7.99. The van der Waals surface area contributed by atoms with Gasteiger partial charge in [0.05, 0.1) is 54.1 Å². The molecule has 194 valence electrons. The highest BCUT2D eigenvalue weighted by atomic mass is 32.2. The standard InChI is InChI=1S/C26H27N3O7S/c1-3-35-25(33)16-6-9-18(10-7-16)27-22(30)15-37-26-28-21-13-17(24(32)34-2)8-11-20(21)23(31)29(26)14-19-5-4-12-36-19/h6-11,13,19H,3-5,12,14-15H2,1-2H3,(H,27,30)/t19-/m1/s1. The van der Waals surface area contributed by atoms with Crippen molar-refractivity contribution in [1.82, 2.24) is 9.55 Å². The first-order valence-electron chi connectivity index (χ1n) is 11.8. The molecular weight excluding hydrogens is 498 g/mol. The molecule has 0 unspecified atom stereocenters. The molecule has 2 aromatic carbocycles. The van der Waals surface area contributed by atoms with Crippen LogP contribution in [0.3, 0.4) is 0 Å². The lowest BCUT2D eigenvalue weighted by Crippen LogP contribution is -2.29. The smallest absolute Gasteiger partial charge is 0.338 e. The fraction of sp³-hybridized carbons (Fsp3) is 0.346. The number of esters is 2. The maximum Gasteiger partial charge on any atom is 0.338 e. The number of benzene rings is 2. The number of thioether (sulfide) groups is 1. The number of nitrogens with one attached hydrogen (secondary N) is 1. The molecule has 0 spiro atoms. The largest absolute Gasteiger partial charge is 0.465 e. The monoisotopic (exact) mass is 525 g/mol. The first-order chi connectivity index (χ1) is 17.9. The fourth-order valence-electron chi connectivity index (χ4n) is 3.94. The van der Waals surface area contributed by atoms with Gasteiger partial charge in [-0.05, 0) is 62.2 Å². The van der Waals surface area contributed by atoms with Crippen LogP contribution in [0.15, 0.2) is 52.4 Å². The second kappa shape index (κ2) is 12.0. The van der Waals surface area contributed by atoms with E-state index in [1.165, 1.54) is 23.8 Å². The number of anilines is 1. The van der Waals surface area contributed by atoms with Gasteiger partial charge in [0.15, 0.2) is 5.16 Å². The Morgan fingerprint density at radius 2 is 1.89 bits per heavy atom. The number of methoxy groups -OCH3 is 1. The first-order valence-corrected chi connectivity index (χ1v) is 12.8. The molecule has 1 fully saturated rings. The number of rotatable bonds is 9. The van der Waals surface area contributed by atoms with Crippen molar-refractivity contribution in [2.75, 3.05) is 31.4 Å². The molecule has 1 aromatic heterocycles. The van der Waals surface area contributed by atoms with Gasteiger partial charge < -0.3 is 19.5 Å². The Kier molecular flexibility index (Phi) is 8.57. The summed E-state index contributed by atoms with van der Waals surface area (Å²) in [5.41, 5.74) is 1.26. The SMILES string of the molecule is CCOC(=O)c1ccc(NC(=O)CSc2nc3cc(C(=O)OC)ccc3c(=O)n2C[C@H]2CCCO2)cc1. The number of nitrogens with zero attached hydrogens (tertiary/aromatic N) is 2. The van der Waals surface area contributed by atoms with Gasteiger partial charge in [-0.2, -0.15) is 0 Å². The van der Waals surface area contributed by atoms with Crippen molar-refractivity contribution >= 4 is 46.2 Å². The average Bonchev–Trinajstić information content (AvgIpc) is 3.42. The molecule has 10 nitrogen and oxygen atoms in total. The summed E-state index contributed by atoms with van der Waals surface area (Å²) in [6.07, 6.45) is 1.64. The van der Waals surface area contributed by atoms with E-state index in [2.05, 4.69) is 10.3 Å². The third-order valence-corrected chi connectivity index (χ3v) is 6.74. The van der Waals surface area contributed by atoms with E-state index in [0.29, 0.717) is 40.5 Å². The number of aromatic nitrogens is 2. The minimum absolute atomic E-state index is 0.0141. The number of amides is 1. The molecule has 0 bridgehead atoms. The van der Waals surface area contributed by atoms with E-state index in [1.807, 2.05) is 0 Å². The van der Waals surface area contributed by atoms with E-state index in [1.54, 1.807) is 37.3 Å². The minimum atomic E-state index is -0.533. The van der Waals surface area contributed by atoms with Crippen LogP contribution in [0, 0.1) is 0 Å². The van der Waals surface area contributed by atoms with Crippen molar-refractivity contribution < 1.29 is 28.6 Å². The van der Waals surface area contributed by atoms with Crippen molar-refractivity contribution in [3.8, 4) is 0 Å². The van der Waals surface area contributed by atoms with Gasteiger partial charge in [0.25, 0.3) is 5.56 Å². The molecule has 1 aliphatic heterocycles. The Morgan fingerprint density at radius 3 is 2.57 bits per heavy atom. The van der Waals surface area contributed by atoms with Crippen LogP contribution in [0.1, 0.15) is 40.5 Å². The summed E-state index contributed by atoms with van der Waals surface area (Å²) >= 11 is 1.12. The van der Waals surface area contributed by atoms with Crippen LogP contribution in [0.4, 0.5) is 5.69 Å². The number of hydrogen-bond donors (Lipinski definition) is 1. The van der Waals surface area contributed by atoms with Crippen molar-refractivity contribution in [2.45, 2.75) is 37.6 Å². The number of carbonyl (C=O) groups excluding carboxylic acids is 3. The molecule has 2 heterocycles. The molecule has 11 heteroatoms. The summed E-state index contributed by atoms with van der Waals surface area (Å²) in [7, 11) is 1.28. The topological polar surface area (TPSA) is 126 Å². The van der Waals surface area contributed by atoms with Crippen molar-refractivity contribution in [1.29, 1.82) is 0 Å². The van der Waals surface area contributed by atoms with Crippen molar-refractivity contribution in [3.05, 3.63) is 63.9 Å². The lowest BCUT2D eigenvalue weighted by atomic mass is 10.1. The fourth-order valence-corrected chi connectivity index (χ4v) is 4.75. The molecule has 0 aliphatic carbocycles. The molecule has 0 saturated carbocycles. The average molecular weight is 526 g/mol. The molecule has 4 rings (SSSR count). The van der Waals surface area contributed by atoms with Gasteiger partial charge in [-0.25, -0.2) is 14.6 Å². The third-order valence-electron chi connectivity index (χ3n) is 5.76. The molecule has 37 heavy (non-hydrogen) atoms. The summed E-state index contributed by atoms with van der Waals surface area (Å²) < 4.78 is 17.0. The lowest BCUT2D eigenvalue weighted by molar-refractivity contribution is -0.113. The van der Waals surface area contributed by atoms with Gasteiger partial charge in [-0.3, -0.25) is 14.2 Å². The molecular formula is C26H27N3O7S. The first kappa shape index (κ1) is 26.4. The van der Waals surface area contributed by atoms with Crippen LogP contribution in [0.2, 0.25) is 0 Å². The second-order valence-electron chi connectivity index (χ2n) is 8.30. The zero-order valence-corrected chi connectivity index (χ0v) is 21.3. The van der Waals surface area contributed by atoms with E-state index in [-0.39, 0.29) is 35.5 Å². The van der Waals surface area contributed by atoms with Crippen LogP contribution < -0.4 is 10.9 Å². The summed E-state index contributed by atoms with van der Waals surface area (Å²) in [6.45, 7) is 2.97. The van der Waals surface area contributed by atoms with Crippen molar-refractivity contribution in [3.63, 3.8) is 0 Å². The van der Waals surface area contributed by atoms with Gasteiger partial charge in [-0.1, -0.05) is 11.8 Å². The van der Waals surface area contributed by atoms with E-state index in [4.69, 9.17) is 14.2 Å². The molecule has 1 aliphatic rings. The number of carbonyl (C=O) groups is 3. The van der Waals surface area contributed by atoms with Crippen LogP contribution >= 0.6 is 11.8 Å². The summed E-state index contributed by atoms with van der Waals surface area (Å²) in [5, 5.41) is 3.49. The number of ether oxygens (including phenoxy) is 3. The van der Waals surface area contributed by atoms with Crippen LogP contribution in [-0.4, -0.2) is 59.6 Å². The normalized spacial score (nSPS) is 14.9. The predicted molar refractivity (Wildman–Crippen MR) is 138 cm³/mol. The number of fused-ring (bicyclic) bond motifs is 1. The van der Waals surface area contributed by atoms with E-state index in [9.17, 15) is 19.2 Å². The highest BCUT2D eigenvalue weighted by Gasteiger charge is 2.21. The van der Waals surface area contributed by atoms with Crippen LogP contribution in [0.25, 0.3) is 10.9 Å². The van der Waals surface area contributed by atoms with E-state index < -0.39 is 11.9 Å². The Labute approximate surface area is 217 Å². The Morgan fingerprint density at radius 1 is 1.14 bits per heavy atom.